The number of halogens is 1. The lowest BCUT2D eigenvalue weighted by molar-refractivity contribution is -0.133. The van der Waals surface area contributed by atoms with Gasteiger partial charge in [-0.1, -0.05) is 49.4 Å². The first kappa shape index (κ1) is 20.5. The van der Waals surface area contributed by atoms with Crippen LogP contribution in [0.1, 0.15) is 36.9 Å². The van der Waals surface area contributed by atoms with E-state index in [0.29, 0.717) is 18.7 Å². The monoisotopic (exact) mass is 396 g/mol. The van der Waals surface area contributed by atoms with E-state index in [1.54, 1.807) is 19.2 Å². The van der Waals surface area contributed by atoms with Crippen molar-refractivity contribution in [3.8, 4) is 0 Å². The second kappa shape index (κ2) is 9.32. The molecule has 0 bridgehead atoms. The molecule has 6 nitrogen and oxygen atoms in total. The number of urea groups is 1. The SMILES string of the molecule is CCCNC(=O)N(C)CC(=O)N1N=C(c2ccc(F)cc2)CC1c1ccccc1. The highest BCUT2D eigenvalue weighted by atomic mass is 19.1. The topological polar surface area (TPSA) is 65.0 Å². The first-order valence-corrected chi connectivity index (χ1v) is 9.69. The summed E-state index contributed by atoms with van der Waals surface area (Å²) in [7, 11) is 1.58. The van der Waals surface area contributed by atoms with Crippen molar-refractivity contribution in [3.63, 3.8) is 0 Å². The number of carbonyl (C=O) groups excluding carboxylic acids is 2. The molecule has 1 aliphatic heterocycles. The van der Waals surface area contributed by atoms with Crippen LogP contribution in [0.15, 0.2) is 59.7 Å². The molecule has 1 aliphatic rings. The molecular formula is C22H25FN4O2. The average Bonchev–Trinajstić information content (AvgIpc) is 3.18. The smallest absolute Gasteiger partial charge is 0.317 e. The molecule has 0 spiro atoms. The summed E-state index contributed by atoms with van der Waals surface area (Å²) in [6.45, 7) is 2.44. The molecule has 0 radical (unpaired) electrons. The van der Waals surface area contributed by atoms with Crippen LogP contribution in [0.5, 0.6) is 0 Å². The summed E-state index contributed by atoms with van der Waals surface area (Å²) in [5.41, 5.74) is 2.45. The predicted octanol–water partition coefficient (Wildman–Crippen LogP) is 3.55. The van der Waals surface area contributed by atoms with Crippen molar-refractivity contribution in [2.75, 3.05) is 20.1 Å². The fourth-order valence-corrected chi connectivity index (χ4v) is 3.21. The molecule has 29 heavy (non-hydrogen) atoms. The summed E-state index contributed by atoms with van der Waals surface area (Å²) in [5, 5.41) is 8.74. The van der Waals surface area contributed by atoms with Crippen LogP contribution < -0.4 is 5.32 Å². The zero-order chi connectivity index (χ0) is 20.8. The average molecular weight is 396 g/mol. The van der Waals surface area contributed by atoms with Gasteiger partial charge in [-0.25, -0.2) is 14.2 Å². The van der Waals surface area contributed by atoms with Gasteiger partial charge in [-0.3, -0.25) is 4.79 Å². The molecule has 1 N–H and O–H groups in total. The van der Waals surface area contributed by atoms with Crippen LogP contribution in [-0.2, 0) is 4.79 Å². The Hall–Kier alpha value is -3.22. The molecule has 1 atom stereocenters. The van der Waals surface area contributed by atoms with Crippen LogP contribution in [0.2, 0.25) is 0 Å². The van der Waals surface area contributed by atoms with Crippen LogP contribution >= 0.6 is 0 Å². The van der Waals surface area contributed by atoms with Crippen molar-refractivity contribution >= 4 is 17.6 Å². The Balaban J connectivity index is 1.81. The number of benzene rings is 2. The van der Waals surface area contributed by atoms with Crippen LogP contribution in [0.25, 0.3) is 0 Å². The first-order valence-electron chi connectivity index (χ1n) is 9.69. The van der Waals surface area contributed by atoms with Gasteiger partial charge < -0.3 is 10.2 Å². The highest BCUT2D eigenvalue weighted by Gasteiger charge is 2.33. The zero-order valence-corrected chi connectivity index (χ0v) is 16.6. The quantitative estimate of drug-likeness (QED) is 0.812. The lowest BCUT2D eigenvalue weighted by atomic mass is 9.98. The Bertz CT molecular complexity index is 883. The molecule has 2 aromatic carbocycles. The van der Waals surface area contributed by atoms with Crippen LogP contribution in [0.4, 0.5) is 9.18 Å². The summed E-state index contributed by atoms with van der Waals surface area (Å²) in [6, 6.07) is 15.2. The second-order valence-corrected chi connectivity index (χ2v) is 7.01. The lowest BCUT2D eigenvalue weighted by Gasteiger charge is -2.25. The minimum absolute atomic E-state index is 0.0842. The third kappa shape index (κ3) is 4.99. The van der Waals surface area contributed by atoms with E-state index in [9.17, 15) is 14.0 Å². The molecule has 3 amide bonds. The molecule has 1 unspecified atom stereocenters. The number of hydrogen-bond acceptors (Lipinski definition) is 3. The number of hydrazone groups is 1. The maximum absolute atomic E-state index is 13.3. The third-order valence-electron chi connectivity index (χ3n) is 4.77. The Morgan fingerprint density at radius 3 is 2.52 bits per heavy atom. The molecule has 0 aromatic heterocycles. The van der Waals surface area contributed by atoms with Crippen LogP contribution in [0, 0.1) is 5.82 Å². The fourth-order valence-electron chi connectivity index (χ4n) is 3.21. The molecule has 1 heterocycles. The number of carbonyl (C=O) groups is 2. The van der Waals surface area contributed by atoms with Crippen molar-refractivity contribution in [1.29, 1.82) is 0 Å². The van der Waals surface area contributed by atoms with Crippen LogP contribution in [0.3, 0.4) is 0 Å². The van der Waals surface area contributed by atoms with Gasteiger partial charge in [0.1, 0.15) is 12.4 Å². The lowest BCUT2D eigenvalue weighted by Crippen LogP contribution is -2.43. The second-order valence-electron chi connectivity index (χ2n) is 7.01. The highest BCUT2D eigenvalue weighted by Crippen LogP contribution is 2.32. The van der Waals surface area contributed by atoms with Crippen molar-refractivity contribution < 1.29 is 14.0 Å². The minimum atomic E-state index is -0.320. The van der Waals surface area contributed by atoms with E-state index in [1.165, 1.54) is 22.0 Å². The van der Waals surface area contributed by atoms with E-state index in [0.717, 1.165) is 17.5 Å². The van der Waals surface area contributed by atoms with E-state index < -0.39 is 0 Å². The number of likely N-dealkylation sites (N-methyl/N-ethyl adjacent to an activating group) is 1. The van der Waals surface area contributed by atoms with Gasteiger partial charge in [0.25, 0.3) is 5.91 Å². The van der Waals surface area contributed by atoms with Gasteiger partial charge in [0.2, 0.25) is 0 Å². The maximum Gasteiger partial charge on any atom is 0.317 e. The summed E-state index contributed by atoms with van der Waals surface area (Å²) in [5.74, 6) is -0.593. The van der Waals surface area contributed by atoms with Gasteiger partial charge in [0, 0.05) is 20.0 Å². The van der Waals surface area contributed by atoms with Gasteiger partial charge >= 0.3 is 6.03 Å². The number of nitrogens with zero attached hydrogens (tertiary/aromatic N) is 3. The molecule has 0 fully saturated rings. The number of hydrogen-bond donors (Lipinski definition) is 1. The number of nitrogens with one attached hydrogen (secondary N) is 1. The summed E-state index contributed by atoms with van der Waals surface area (Å²) < 4.78 is 13.3. The number of amides is 3. The summed E-state index contributed by atoms with van der Waals surface area (Å²) >= 11 is 0. The van der Waals surface area contributed by atoms with E-state index >= 15 is 0 Å². The molecule has 0 saturated heterocycles. The molecule has 7 heteroatoms. The van der Waals surface area contributed by atoms with Crippen molar-refractivity contribution in [2.45, 2.75) is 25.8 Å². The zero-order valence-electron chi connectivity index (χ0n) is 16.6. The predicted molar refractivity (Wildman–Crippen MR) is 110 cm³/mol. The van der Waals surface area contributed by atoms with Crippen molar-refractivity contribution in [3.05, 3.63) is 71.5 Å². The van der Waals surface area contributed by atoms with Gasteiger partial charge in [-0.05, 0) is 29.7 Å². The number of rotatable bonds is 6. The molecule has 152 valence electrons. The maximum atomic E-state index is 13.3. The van der Waals surface area contributed by atoms with Gasteiger partial charge in [0.15, 0.2) is 0 Å². The molecular weight excluding hydrogens is 371 g/mol. The van der Waals surface area contributed by atoms with Gasteiger partial charge in [0.05, 0.1) is 11.8 Å². The summed E-state index contributed by atoms with van der Waals surface area (Å²) in [4.78, 5) is 26.4. The third-order valence-corrected chi connectivity index (χ3v) is 4.77. The highest BCUT2D eigenvalue weighted by molar-refractivity contribution is 6.03. The summed E-state index contributed by atoms with van der Waals surface area (Å²) in [6.07, 6.45) is 1.34. The Labute approximate surface area is 170 Å². The van der Waals surface area contributed by atoms with Gasteiger partial charge in [-0.15, -0.1) is 0 Å². The van der Waals surface area contributed by atoms with E-state index in [-0.39, 0.29) is 30.3 Å². The first-order chi connectivity index (χ1) is 14.0. The standard InChI is InChI=1S/C22H25FN4O2/c1-3-13-24-22(29)26(2)15-21(28)27-20(17-7-5-4-6-8-17)14-19(25-27)16-9-11-18(23)12-10-16/h4-12,20H,3,13-15H2,1-2H3,(H,24,29). The molecule has 2 aromatic rings. The normalized spacial score (nSPS) is 15.8. The van der Waals surface area contributed by atoms with Crippen LogP contribution in [-0.4, -0.2) is 47.7 Å². The Morgan fingerprint density at radius 2 is 1.86 bits per heavy atom. The molecule has 0 saturated carbocycles. The van der Waals surface area contributed by atoms with E-state index in [1.807, 2.05) is 37.3 Å². The van der Waals surface area contributed by atoms with Gasteiger partial charge in [-0.2, -0.15) is 5.10 Å². The molecule has 0 aliphatic carbocycles. The largest absolute Gasteiger partial charge is 0.338 e. The van der Waals surface area contributed by atoms with Crippen molar-refractivity contribution in [1.82, 2.24) is 15.2 Å². The minimum Gasteiger partial charge on any atom is -0.338 e. The fraction of sp³-hybridized carbons (Fsp3) is 0.318. The Kier molecular flexibility index (Phi) is 6.59. The Morgan fingerprint density at radius 1 is 1.17 bits per heavy atom. The van der Waals surface area contributed by atoms with E-state index in [2.05, 4.69) is 10.4 Å². The molecule has 3 rings (SSSR count). The van der Waals surface area contributed by atoms with E-state index in [4.69, 9.17) is 0 Å². The van der Waals surface area contributed by atoms with Crippen molar-refractivity contribution in [2.24, 2.45) is 5.10 Å².